The van der Waals surface area contributed by atoms with Crippen molar-refractivity contribution >= 4 is 11.6 Å². The van der Waals surface area contributed by atoms with E-state index in [1.54, 1.807) is 20.0 Å². The van der Waals surface area contributed by atoms with Crippen LogP contribution in [0.1, 0.15) is 27.6 Å². The molecule has 0 aromatic carbocycles. The number of nitrogens with two attached hydrogens (primary N) is 1. The molecule has 0 spiro atoms. The first kappa shape index (κ1) is 12.2. The van der Waals surface area contributed by atoms with Crippen molar-refractivity contribution in [3.8, 4) is 0 Å². The zero-order chi connectivity index (χ0) is 13.3. The SMILES string of the molecule is Cc1cc(CNC(=O)c2c(N)c(C)nn2C)on1. The summed E-state index contributed by atoms with van der Waals surface area (Å²) in [6, 6.07) is 1.76. The second-order valence-corrected chi connectivity index (χ2v) is 4.09. The molecule has 7 heteroatoms. The largest absolute Gasteiger partial charge is 0.395 e. The monoisotopic (exact) mass is 249 g/mol. The van der Waals surface area contributed by atoms with E-state index in [2.05, 4.69) is 15.6 Å². The average Bonchev–Trinajstić information content (AvgIpc) is 2.82. The molecule has 0 radical (unpaired) electrons. The lowest BCUT2D eigenvalue weighted by molar-refractivity contribution is 0.0938. The van der Waals surface area contributed by atoms with Gasteiger partial charge in [-0.2, -0.15) is 5.10 Å². The maximum atomic E-state index is 12.0. The van der Waals surface area contributed by atoms with Gasteiger partial charge in [0.2, 0.25) is 0 Å². The number of nitrogens with one attached hydrogen (secondary N) is 1. The van der Waals surface area contributed by atoms with Crippen LogP contribution in [-0.2, 0) is 13.6 Å². The summed E-state index contributed by atoms with van der Waals surface area (Å²) in [7, 11) is 1.68. The normalized spacial score (nSPS) is 10.6. The lowest BCUT2D eigenvalue weighted by Crippen LogP contribution is -2.25. The quantitative estimate of drug-likeness (QED) is 0.827. The zero-order valence-electron chi connectivity index (χ0n) is 10.5. The highest BCUT2D eigenvalue weighted by atomic mass is 16.5. The van der Waals surface area contributed by atoms with E-state index in [9.17, 15) is 4.79 Å². The Kier molecular flexibility index (Phi) is 3.05. The molecule has 0 saturated heterocycles. The first-order valence-electron chi connectivity index (χ1n) is 5.48. The minimum absolute atomic E-state index is 0.267. The number of rotatable bonds is 3. The predicted octanol–water partition coefficient (Wildman–Crippen LogP) is 0.537. The Balaban J connectivity index is 2.08. The molecule has 2 aromatic rings. The molecule has 0 bridgehead atoms. The van der Waals surface area contributed by atoms with Gasteiger partial charge in [0.05, 0.1) is 23.6 Å². The number of hydrogen-bond acceptors (Lipinski definition) is 5. The van der Waals surface area contributed by atoms with Crippen molar-refractivity contribution in [3.63, 3.8) is 0 Å². The van der Waals surface area contributed by atoms with E-state index in [4.69, 9.17) is 10.3 Å². The minimum atomic E-state index is -0.287. The fourth-order valence-electron chi connectivity index (χ4n) is 1.69. The standard InChI is InChI=1S/C11H15N5O2/c1-6-4-8(18-15-6)5-13-11(17)10-9(12)7(2)14-16(10)3/h4H,5,12H2,1-3H3,(H,13,17). The van der Waals surface area contributed by atoms with Crippen LogP contribution in [0.3, 0.4) is 0 Å². The highest BCUT2D eigenvalue weighted by Crippen LogP contribution is 2.15. The molecule has 0 atom stereocenters. The second-order valence-electron chi connectivity index (χ2n) is 4.09. The molecule has 2 rings (SSSR count). The van der Waals surface area contributed by atoms with Gasteiger partial charge in [-0.3, -0.25) is 9.48 Å². The third-order valence-electron chi connectivity index (χ3n) is 2.58. The third-order valence-corrected chi connectivity index (χ3v) is 2.58. The molecule has 3 N–H and O–H groups in total. The summed E-state index contributed by atoms with van der Waals surface area (Å²) in [5.74, 6) is 0.308. The minimum Gasteiger partial charge on any atom is -0.395 e. The van der Waals surface area contributed by atoms with Gasteiger partial charge in [-0.1, -0.05) is 5.16 Å². The zero-order valence-corrected chi connectivity index (χ0v) is 10.5. The highest BCUT2D eigenvalue weighted by molar-refractivity contribution is 5.97. The van der Waals surface area contributed by atoms with Crippen molar-refractivity contribution < 1.29 is 9.32 Å². The fraction of sp³-hybridized carbons (Fsp3) is 0.364. The Labute approximate surface area is 104 Å². The highest BCUT2D eigenvalue weighted by Gasteiger charge is 2.17. The van der Waals surface area contributed by atoms with Crippen molar-refractivity contribution in [2.75, 3.05) is 5.73 Å². The number of hydrogen-bond donors (Lipinski definition) is 2. The maximum Gasteiger partial charge on any atom is 0.272 e. The Hall–Kier alpha value is -2.31. The van der Waals surface area contributed by atoms with E-state index < -0.39 is 0 Å². The summed E-state index contributed by atoms with van der Waals surface area (Å²) in [5, 5.41) is 10.5. The van der Waals surface area contributed by atoms with Crippen LogP contribution in [0.4, 0.5) is 5.69 Å². The van der Waals surface area contributed by atoms with Crippen molar-refractivity contribution in [1.82, 2.24) is 20.3 Å². The van der Waals surface area contributed by atoms with E-state index in [0.29, 0.717) is 22.8 Å². The number of nitrogen functional groups attached to an aromatic ring is 1. The molecule has 0 aliphatic heterocycles. The van der Waals surface area contributed by atoms with Gasteiger partial charge in [0.25, 0.3) is 5.91 Å². The lowest BCUT2D eigenvalue weighted by Gasteiger charge is -2.04. The molecule has 7 nitrogen and oxygen atoms in total. The van der Waals surface area contributed by atoms with Gasteiger partial charge in [-0.25, -0.2) is 0 Å². The molecule has 0 aliphatic rings. The van der Waals surface area contributed by atoms with E-state index in [0.717, 1.165) is 5.69 Å². The van der Waals surface area contributed by atoms with Crippen LogP contribution in [0.5, 0.6) is 0 Å². The molecular weight excluding hydrogens is 234 g/mol. The molecule has 96 valence electrons. The third kappa shape index (κ3) is 2.20. The lowest BCUT2D eigenvalue weighted by atomic mass is 10.3. The summed E-state index contributed by atoms with van der Waals surface area (Å²) in [4.78, 5) is 12.0. The van der Waals surface area contributed by atoms with Crippen LogP contribution in [0.25, 0.3) is 0 Å². The van der Waals surface area contributed by atoms with Crippen molar-refractivity contribution in [1.29, 1.82) is 0 Å². The molecular formula is C11H15N5O2. The second kappa shape index (κ2) is 4.52. The Morgan fingerprint density at radius 1 is 1.56 bits per heavy atom. The number of aryl methyl sites for hydroxylation is 3. The summed E-state index contributed by atoms with van der Waals surface area (Å²) in [6.07, 6.45) is 0. The van der Waals surface area contributed by atoms with Gasteiger partial charge < -0.3 is 15.6 Å². The number of anilines is 1. The van der Waals surface area contributed by atoms with E-state index >= 15 is 0 Å². The Morgan fingerprint density at radius 3 is 2.78 bits per heavy atom. The van der Waals surface area contributed by atoms with Gasteiger partial charge in [-0.05, 0) is 13.8 Å². The number of carbonyl (C=O) groups is 1. The van der Waals surface area contributed by atoms with Gasteiger partial charge >= 0.3 is 0 Å². The molecule has 0 fully saturated rings. The van der Waals surface area contributed by atoms with Crippen molar-refractivity contribution in [3.05, 3.63) is 28.9 Å². The van der Waals surface area contributed by atoms with Crippen molar-refractivity contribution in [2.45, 2.75) is 20.4 Å². The fourth-order valence-corrected chi connectivity index (χ4v) is 1.69. The summed E-state index contributed by atoms with van der Waals surface area (Å²) in [5.41, 5.74) is 7.95. The van der Waals surface area contributed by atoms with Crippen LogP contribution in [0, 0.1) is 13.8 Å². The first-order chi connectivity index (χ1) is 8.49. The number of nitrogens with zero attached hydrogens (tertiary/aromatic N) is 3. The molecule has 0 aliphatic carbocycles. The van der Waals surface area contributed by atoms with Gasteiger partial charge in [-0.15, -0.1) is 0 Å². The smallest absolute Gasteiger partial charge is 0.272 e. The molecule has 1 amide bonds. The summed E-state index contributed by atoms with van der Waals surface area (Å²) in [6.45, 7) is 3.84. The van der Waals surface area contributed by atoms with E-state index in [1.165, 1.54) is 4.68 Å². The molecule has 0 unspecified atom stereocenters. The van der Waals surface area contributed by atoms with Gasteiger partial charge in [0.15, 0.2) is 5.76 Å². The van der Waals surface area contributed by atoms with Gasteiger partial charge in [0.1, 0.15) is 5.69 Å². The van der Waals surface area contributed by atoms with Gasteiger partial charge in [0, 0.05) is 13.1 Å². The number of aromatic nitrogens is 3. The molecule has 18 heavy (non-hydrogen) atoms. The van der Waals surface area contributed by atoms with Crippen LogP contribution in [0.2, 0.25) is 0 Å². The molecule has 2 heterocycles. The topological polar surface area (TPSA) is 99.0 Å². The van der Waals surface area contributed by atoms with Crippen LogP contribution < -0.4 is 11.1 Å². The van der Waals surface area contributed by atoms with E-state index in [-0.39, 0.29) is 12.5 Å². The maximum absolute atomic E-state index is 12.0. The Bertz CT molecular complexity index is 584. The summed E-state index contributed by atoms with van der Waals surface area (Å²) >= 11 is 0. The Morgan fingerprint density at radius 2 is 2.28 bits per heavy atom. The molecule has 2 aromatic heterocycles. The summed E-state index contributed by atoms with van der Waals surface area (Å²) < 4.78 is 6.46. The number of amides is 1. The van der Waals surface area contributed by atoms with Crippen LogP contribution in [0.15, 0.2) is 10.6 Å². The molecule has 0 saturated carbocycles. The van der Waals surface area contributed by atoms with Crippen LogP contribution >= 0.6 is 0 Å². The predicted molar refractivity (Wildman–Crippen MR) is 64.8 cm³/mol. The van der Waals surface area contributed by atoms with Crippen LogP contribution in [-0.4, -0.2) is 20.8 Å². The van der Waals surface area contributed by atoms with Crippen molar-refractivity contribution in [2.24, 2.45) is 7.05 Å². The number of carbonyl (C=O) groups excluding carboxylic acids is 1. The van der Waals surface area contributed by atoms with E-state index in [1.807, 2.05) is 6.92 Å². The first-order valence-corrected chi connectivity index (χ1v) is 5.48. The average molecular weight is 249 g/mol.